The molecule has 0 fully saturated rings. The third kappa shape index (κ3) is 2.52. The third-order valence-corrected chi connectivity index (χ3v) is 2.77. The number of hydrogen-bond acceptors (Lipinski definition) is 3. The summed E-state index contributed by atoms with van der Waals surface area (Å²) >= 11 is 5.01. The van der Waals surface area contributed by atoms with Crippen LogP contribution in [0, 0.1) is 10.6 Å². The molecule has 1 aromatic carbocycles. The average molecular weight is 253 g/mol. The highest BCUT2D eigenvalue weighted by Gasteiger charge is 2.13. The van der Waals surface area contributed by atoms with Gasteiger partial charge < -0.3 is 9.30 Å². The molecule has 0 radical (unpaired) electrons. The summed E-state index contributed by atoms with van der Waals surface area (Å²) in [7, 11) is 1.81. The van der Waals surface area contributed by atoms with Crippen LogP contribution in [0.25, 0.3) is 0 Å². The third-order valence-electron chi connectivity index (χ3n) is 2.40. The summed E-state index contributed by atoms with van der Waals surface area (Å²) in [5, 5.41) is 6.76. The molecule has 1 atom stereocenters. The minimum Gasteiger partial charge on any atom is -0.483 e. The lowest BCUT2D eigenvalue weighted by molar-refractivity contribution is 0.212. The van der Waals surface area contributed by atoms with Crippen molar-refractivity contribution >= 4 is 12.2 Å². The molecular formula is C11H12FN3OS. The summed E-state index contributed by atoms with van der Waals surface area (Å²) in [6.45, 7) is 1.86. The monoisotopic (exact) mass is 253 g/mol. The number of benzene rings is 1. The molecule has 0 amide bonds. The number of aromatic nitrogens is 3. The van der Waals surface area contributed by atoms with Gasteiger partial charge >= 0.3 is 0 Å². The van der Waals surface area contributed by atoms with Crippen LogP contribution in [0.15, 0.2) is 24.3 Å². The standard InChI is InChI=1S/C11H12FN3OS/c1-7(10-13-14-11(17)15(10)2)16-9-5-3-8(12)4-6-9/h3-7H,1-2H3,(H,14,17). The molecule has 0 aliphatic rings. The van der Waals surface area contributed by atoms with E-state index < -0.39 is 0 Å². The molecule has 1 heterocycles. The van der Waals surface area contributed by atoms with E-state index >= 15 is 0 Å². The van der Waals surface area contributed by atoms with Crippen molar-refractivity contribution in [2.75, 3.05) is 0 Å². The molecule has 4 nitrogen and oxygen atoms in total. The van der Waals surface area contributed by atoms with Gasteiger partial charge in [-0.1, -0.05) is 0 Å². The van der Waals surface area contributed by atoms with Crippen molar-refractivity contribution in [2.24, 2.45) is 7.05 Å². The van der Waals surface area contributed by atoms with Gasteiger partial charge in [-0.25, -0.2) is 4.39 Å². The Kier molecular flexibility index (Phi) is 3.23. The average Bonchev–Trinajstić information content (AvgIpc) is 2.63. The lowest BCUT2D eigenvalue weighted by Crippen LogP contribution is -2.09. The fourth-order valence-electron chi connectivity index (χ4n) is 1.49. The van der Waals surface area contributed by atoms with E-state index in [-0.39, 0.29) is 11.9 Å². The van der Waals surface area contributed by atoms with Crippen LogP contribution in [0.1, 0.15) is 18.9 Å². The summed E-state index contributed by atoms with van der Waals surface area (Å²) in [4.78, 5) is 0. The van der Waals surface area contributed by atoms with Crippen molar-refractivity contribution in [3.8, 4) is 5.75 Å². The molecule has 0 saturated carbocycles. The van der Waals surface area contributed by atoms with Gasteiger partial charge in [-0.05, 0) is 43.4 Å². The molecule has 1 unspecified atom stereocenters. The smallest absolute Gasteiger partial charge is 0.195 e. The number of ether oxygens (including phenoxy) is 1. The predicted octanol–water partition coefficient (Wildman–Crippen LogP) is 2.76. The second-order valence-electron chi connectivity index (χ2n) is 3.66. The molecule has 0 bridgehead atoms. The Hall–Kier alpha value is -1.69. The zero-order valence-electron chi connectivity index (χ0n) is 9.48. The van der Waals surface area contributed by atoms with Crippen LogP contribution in [0.3, 0.4) is 0 Å². The van der Waals surface area contributed by atoms with Crippen LogP contribution in [0.5, 0.6) is 5.75 Å². The maximum Gasteiger partial charge on any atom is 0.195 e. The minimum absolute atomic E-state index is 0.265. The molecule has 1 aromatic heterocycles. The van der Waals surface area contributed by atoms with E-state index in [1.165, 1.54) is 12.1 Å². The molecule has 17 heavy (non-hydrogen) atoms. The van der Waals surface area contributed by atoms with Crippen molar-refractivity contribution < 1.29 is 9.13 Å². The highest BCUT2D eigenvalue weighted by Crippen LogP contribution is 2.20. The Morgan fingerprint density at radius 3 is 2.59 bits per heavy atom. The van der Waals surface area contributed by atoms with E-state index in [1.54, 1.807) is 16.7 Å². The zero-order valence-corrected chi connectivity index (χ0v) is 10.3. The first-order valence-corrected chi connectivity index (χ1v) is 5.52. The van der Waals surface area contributed by atoms with Crippen molar-refractivity contribution in [1.82, 2.24) is 14.8 Å². The molecule has 90 valence electrons. The number of aromatic amines is 1. The molecule has 2 rings (SSSR count). The van der Waals surface area contributed by atoms with E-state index in [0.29, 0.717) is 16.3 Å². The fourth-order valence-corrected chi connectivity index (χ4v) is 1.63. The molecule has 2 aromatic rings. The van der Waals surface area contributed by atoms with Crippen LogP contribution >= 0.6 is 12.2 Å². The maximum absolute atomic E-state index is 12.7. The summed E-state index contributed by atoms with van der Waals surface area (Å²) in [5.41, 5.74) is 0. The molecule has 0 aliphatic carbocycles. The Balaban J connectivity index is 2.17. The molecule has 6 heteroatoms. The molecule has 0 aliphatic heterocycles. The van der Waals surface area contributed by atoms with Crippen LogP contribution in [0.2, 0.25) is 0 Å². The lowest BCUT2D eigenvalue weighted by atomic mass is 10.3. The first kappa shape index (κ1) is 11.8. The summed E-state index contributed by atoms with van der Waals surface area (Å²) in [6, 6.07) is 5.86. The van der Waals surface area contributed by atoms with Gasteiger partial charge in [0.15, 0.2) is 16.7 Å². The summed E-state index contributed by atoms with van der Waals surface area (Å²) < 4.78 is 20.6. The number of rotatable bonds is 3. The molecular weight excluding hydrogens is 241 g/mol. The van der Waals surface area contributed by atoms with Gasteiger partial charge in [-0.3, -0.25) is 5.10 Å². The highest BCUT2D eigenvalue weighted by molar-refractivity contribution is 7.71. The van der Waals surface area contributed by atoms with Crippen LogP contribution < -0.4 is 4.74 Å². The van der Waals surface area contributed by atoms with Gasteiger partial charge in [0.05, 0.1) is 0 Å². The van der Waals surface area contributed by atoms with Gasteiger partial charge in [0, 0.05) is 7.05 Å². The maximum atomic E-state index is 12.7. The predicted molar refractivity (Wildman–Crippen MR) is 63.8 cm³/mol. The van der Waals surface area contributed by atoms with Crippen LogP contribution in [-0.4, -0.2) is 14.8 Å². The summed E-state index contributed by atoms with van der Waals surface area (Å²) in [6.07, 6.45) is -0.265. The van der Waals surface area contributed by atoms with Gasteiger partial charge in [0.2, 0.25) is 0 Å². The van der Waals surface area contributed by atoms with E-state index in [0.717, 1.165) is 0 Å². The van der Waals surface area contributed by atoms with E-state index in [2.05, 4.69) is 10.2 Å². The number of nitrogens with one attached hydrogen (secondary N) is 1. The van der Waals surface area contributed by atoms with Gasteiger partial charge in [0.1, 0.15) is 11.6 Å². The van der Waals surface area contributed by atoms with Crippen molar-refractivity contribution in [2.45, 2.75) is 13.0 Å². The first-order chi connectivity index (χ1) is 8.08. The van der Waals surface area contributed by atoms with E-state index in [1.807, 2.05) is 14.0 Å². The Morgan fingerprint density at radius 2 is 2.06 bits per heavy atom. The quantitative estimate of drug-likeness (QED) is 0.855. The van der Waals surface area contributed by atoms with Gasteiger partial charge in [-0.15, -0.1) is 0 Å². The topological polar surface area (TPSA) is 42.8 Å². The second-order valence-corrected chi connectivity index (χ2v) is 4.05. The summed E-state index contributed by atoms with van der Waals surface area (Å²) in [5.74, 6) is 0.996. The number of nitrogens with zero attached hydrogens (tertiary/aromatic N) is 2. The number of hydrogen-bond donors (Lipinski definition) is 1. The van der Waals surface area contributed by atoms with Crippen molar-refractivity contribution in [3.05, 3.63) is 40.7 Å². The fraction of sp³-hybridized carbons (Fsp3) is 0.273. The highest BCUT2D eigenvalue weighted by atomic mass is 32.1. The Bertz CT molecular complexity index is 561. The van der Waals surface area contributed by atoms with Crippen LogP contribution in [0.4, 0.5) is 4.39 Å². The minimum atomic E-state index is -0.289. The normalized spacial score (nSPS) is 12.4. The largest absolute Gasteiger partial charge is 0.483 e. The van der Waals surface area contributed by atoms with Crippen molar-refractivity contribution in [1.29, 1.82) is 0 Å². The first-order valence-electron chi connectivity index (χ1n) is 5.11. The van der Waals surface area contributed by atoms with Gasteiger partial charge in [-0.2, -0.15) is 5.10 Å². The van der Waals surface area contributed by atoms with E-state index in [9.17, 15) is 4.39 Å². The Morgan fingerprint density at radius 1 is 1.41 bits per heavy atom. The van der Waals surface area contributed by atoms with Crippen LogP contribution in [-0.2, 0) is 7.05 Å². The van der Waals surface area contributed by atoms with Crippen molar-refractivity contribution in [3.63, 3.8) is 0 Å². The lowest BCUT2D eigenvalue weighted by Gasteiger charge is -2.13. The number of halogens is 1. The van der Waals surface area contributed by atoms with Gasteiger partial charge in [0.25, 0.3) is 0 Å². The Labute approximate surface area is 103 Å². The second kappa shape index (κ2) is 4.67. The molecule has 0 spiro atoms. The number of H-pyrrole nitrogens is 1. The van der Waals surface area contributed by atoms with E-state index in [4.69, 9.17) is 17.0 Å². The SMILES string of the molecule is CC(Oc1ccc(F)cc1)c1n[nH]c(=S)n1C. The molecule has 1 N–H and O–H groups in total. The zero-order chi connectivity index (χ0) is 12.4. The molecule has 0 saturated heterocycles.